The first kappa shape index (κ1) is 22.8. The lowest BCUT2D eigenvalue weighted by Gasteiger charge is -2.25. The van der Waals surface area contributed by atoms with Crippen LogP contribution in [0.3, 0.4) is 0 Å². The molecule has 0 saturated carbocycles. The molecule has 1 aliphatic rings. The Bertz CT molecular complexity index is 1230. The number of para-hydroxylation sites is 1. The van der Waals surface area contributed by atoms with Crippen LogP contribution in [0.2, 0.25) is 0 Å². The van der Waals surface area contributed by atoms with Crippen LogP contribution in [0, 0.1) is 6.92 Å². The smallest absolute Gasteiger partial charge is 0.355 e. The Morgan fingerprint density at radius 1 is 0.906 bits per heavy atom. The minimum atomic E-state index is -4.17. The molecule has 2 aromatic carbocycles. The number of esters is 2. The van der Waals surface area contributed by atoms with Crippen LogP contribution in [0.25, 0.3) is 0 Å². The van der Waals surface area contributed by atoms with Crippen LogP contribution in [0.1, 0.15) is 5.56 Å². The van der Waals surface area contributed by atoms with Crippen molar-refractivity contribution in [2.24, 2.45) is 0 Å². The highest BCUT2D eigenvalue weighted by molar-refractivity contribution is 7.87. The maximum Gasteiger partial charge on any atom is 0.355 e. The van der Waals surface area contributed by atoms with Crippen LogP contribution < -0.4 is 9.08 Å². The molecule has 0 aromatic heterocycles. The number of methoxy groups -OCH3 is 2. The highest BCUT2D eigenvalue weighted by Crippen LogP contribution is 2.31. The fraction of sp³-hybridized carbons (Fsp3) is 0.130. The molecule has 166 valence electrons. The van der Waals surface area contributed by atoms with Crippen molar-refractivity contribution in [2.45, 2.75) is 11.8 Å². The number of hydrogen-bond donors (Lipinski definition) is 0. The van der Waals surface area contributed by atoms with Crippen LogP contribution >= 0.6 is 0 Å². The van der Waals surface area contributed by atoms with Crippen molar-refractivity contribution in [2.75, 3.05) is 19.1 Å². The Kier molecular flexibility index (Phi) is 6.79. The molecule has 0 spiro atoms. The summed E-state index contributed by atoms with van der Waals surface area (Å²) >= 11 is 0. The number of carbonyl (C=O) groups excluding carboxylic acids is 2. The van der Waals surface area contributed by atoms with Crippen LogP contribution in [0.4, 0.5) is 5.69 Å². The third-order valence-electron chi connectivity index (χ3n) is 4.57. The molecule has 0 saturated heterocycles. The van der Waals surface area contributed by atoms with Gasteiger partial charge in [-0.25, -0.2) is 9.59 Å². The van der Waals surface area contributed by atoms with E-state index in [0.29, 0.717) is 11.3 Å². The average Bonchev–Trinajstić information content (AvgIpc) is 3.01. The van der Waals surface area contributed by atoms with Crippen LogP contribution in [-0.4, -0.2) is 34.6 Å². The van der Waals surface area contributed by atoms with Gasteiger partial charge in [-0.1, -0.05) is 30.3 Å². The van der Waals surface area contributed by atoms with Crippen molar-refractivity contribution in [1.29, 1.82) is 0 Å². The van der Waals surface area contributed by atoms with E-state index in [1.807, 2.05) is 0 Å². The summed E-state index contributed by atoms with van der Waals surface area (Å²) in [4.78, 5) is 26.2. The zero-order valence-corrected chi connectivity index (χ0v) is 18.5. The zero-order valence-electron chi connectivity index (χ0n) is 17.6. The van der Waals surface area contributed by atoms with E-state index in [0.717, 1.165) is 0 Å². The van der Waals surface area contributed by atoms with Gasteiger partial charge in [0.2, 0.25) is 0 Å². The van der Waals surface area contributed by atoms with Crippen LogP contribution in [0.5, 0.6) is 5.75 Å². The predicted octanol–water partition coefficient (Wildman–Crippen LogP) is 3.25. The van der Waals surface area contributed by atoms with E-state index in [2.05, 4.69) is 0 Å². The van der Waals surface area contributed by atoms with Crippen LogP contribution in [-0.2, 0) is 29.2 Å². The second-order valence-corrected chi connectivity index (χ2v) is 8.16. The van der Waals surface area contributed by atoms with Gasteiger partial charge in [-0.05, 0) is 48.9 Å². The van der Waals surface area contributed by atoms with Gasteiger partial charge in [-0.3, -0.25) is 0 Å². The molecule has 2 aromatic rings. The molecule has 0 aliphatic carbocycles. The molecule has 0 fully saturated rings. The van der Waals surface area contributed by atoms with Gasteiger partial charge in [-0.2, -0.15) is 8.42 Å². The fourth-order valence-corrected chi connectivity index (χ4v) is 3.96. The van der Waals surface area contributed by atoms with E-state index in [-0.39, 0.29) is 21.9 Å². The van der Waals surface area contributed by atoms with E-state index >= 15 is 0 Å². The van der Waals surface area contributed by atoms with Gasteiger partial charge in [-0.15, -0.1) is 0 Å². The summed E-state index contributed by atoms with van der Waals surface area (Å²) in [7, 11) is -1.79. The lowest BCUT2D eigenvalue weighted by atomic mass is 10.1. The second-order valence-electron chi connectivity index (χ2n) is 6.61. The van der Waals surface area contributed by atoms with Gasteiger partial charge in [0.1, 0.15) is 16.3 Å². The minimum absolute atomic E-state index is 0.0439. The van der Waals surface area contributed by atoms with Crippen molar-refractivity contribution in [1.82, 2.24) is 0 Å². The van der Waals surface area contributed by atoms with Gasteiger partial charge >= 0.3 is 22.1 Å². The summed E-state index contributed by atoms with van der Waals surface area (Å²) in [6, 6.07) is 12.4. The molecule has 1 aliphatic heterocycles. The van der Waals surface area contributed by atoms with Crippen molar-refractivity contribution in [3.05, 3.63) is 89.8 Å². The molecule has 0 bridgehead atoms. The molecule has 0 unspecified atom stereocenters. The predicted molar refractivity (Wildman–Crippen MR) is 117 cm³/mol. The molecule has 0 amide bonds. The van der Waals surface area contributed by atoms with Gasteiger partial charge in [0.05, 0.1) is 25.5 Å². The van der Waals surface area contributed by atoms with Crippen molar-refractivity contribution >= 4 is 27.7 Å². The number of rotatable bonds is 6. The van der Waals surface area contributed by atoms with Gasteiger partial charge in [0.25, 0.3) is 0 Å². The number of benzene rings is 2. The number of allylic oxidation sites excluding steroid dienone is 2. The van der Waals surface area contributed by atoms with Gasteiger partial charge in [0.15, 0.2) is 0 Å². The topological polar surface area (TPSA) is 99.2 Å². The van der Waals surface area contributed by atoms with E-state index in [1.54, 1.807) is 43.3 Å². The number of hydrogen-bond acceptors (Lipinski definition) is 8. The van der Waals surface area contributed by atoms with E-state index in [9.17, 15) is 18.0 Å². The quantitative estimate of drug-likeness (QED) is 0.484. The molecule has 3 rings (SSSR count). The molecule has 32 heavy (non-hydrogen) atoms. The van der Waals surface area contributed by atoms with Crippen LogP contribution in [0.15, 0.2) is 89.1 Å². The molecule has 0 N–H and O–H groups in total. The second kappa shape index (κ2) is 9.52. The van der Waals surface area contributed by atoms with Crippen molar-refractivity contribution in [3.8, 4) is 5.75 Å². The summed E-state index contributed by atoms with van der Waals surface area (Å²) in [6.45, 7) is 1.74. The van der Waals surface area contributed by atoms with Crippen molar-refractivity contribution < 1.29 is 31.7 Å². The third-order valence-corrected chi connectivity index (χ3v) is 5.81. The summed E-state index contributed by atoms with van der Waals surface area (Å²) in [5.41, 5.74) is 0.814. The monoisotopic (exact) mass is 455 g/mol. The summed E-state index contributed by atoms with van der Waals surface area (Å²) in [5.74, 6) is -1.38. The highest BCUT2D eigenvalue weighted by Gasteiger charge is 2.29. The zero-order chi connectivity index (χ0) is 23.3. The number of nitrogens with zero attached hydrogens (tertiary/aromatic N) is 1. The summed E-state index contributed by atoms with van der Waals surface area (Å²) < 4.78 is 40.6. The SMILES string of the molecule is COC(=O)C1=C(C(=O)OC)N(c2cc(S(=O)(=O)Oc3ccccc3)ccc2C)C=CC=C1. The summed E-state index contributed by atoms with van der Waals surface area (Å²) in [5, 5.41) is 0. The summed E-state index contributed by atoms with van der Waals surface area (Å²) in [6.07, 6.45) is 6.10. The number of ether oxygens (including phenoxy) is 2. The Labute approximate surface area is 186 Å². The largest absolute Gasteiger partial charge is 0.465 e. The maximum atomic E-state index is 12.9. The molecular weight excluding hydrogens is 434 g/mol. The normalized spacial score (nSPS) is 13.5. The average molecular weight is 455 g/mol. The lowest BCUT2D eigenvalue weighted by Crippen LogP contribution is -2.27. The fourth-order valence-electron chi connectivity index (χ4n) is 3.01. The van der Waals surface area contributed by atoms with Gasteiger partial charge in [0, 0.05) is 6.20 Å². The highest BCUT2D eigenvalue weighted by atomic mass is 32.2. The van der Waals surface area contributed by atoms with Crippen molar-refractivity contribution in [3.63, 3.8) is 0 Å². The molecule has 1 heterocycles. The molecule has 9 heteroatoms. The molecule has 0 atom stereocenters. The first-order chi connectivity index (χ1) is 15.3. The lowest BCUT2D eigenvalue weighted by molar-refractivity contribution is -0.139. The molecular formula is C23H21NO7S. The number of aryl methyl sites for hydroxylation is 1. The van der Waals surface area contributed by atoms with E-state index in [4.69, 9.17) is 13.7 Å². The van der Waals surface area contributed by atoms with E-state index in [1.165, 1.54) is 55.7 Å². The maximum absolute atomic E-state index is 12.9. The Morgan fingerprint density at radius 3 is 2.25 bits per heavy atom. The van der Waals surface area contributed by atoms with E-state index < -0.39 is 22.1 Å². The van der Waals surface area contributed by atoms with Gasteiger partial charge < -0.3 is 18.6 Å². The Balaban J connectivity index is 2.14. The Hall–Kier alpha value is -3.85. The first-order valence-electron chi connectivity index (χ1n) is 9.43. The number of carbonyl (C=O) groups is 2. The number of anilines is 1. The minimum Gasteiger partial charge on any atom is -0.465 e. The standard InChI is InChI=1S/C23H21NO7S/c1-16-12-13-18(32(27,28)31-17-9-5-4-6-10-17)15-20(16)24-14-8-7-11-19(22(25)29-2)21(24)23(26)30-3/h4-15H,1-3H3. The molecule has 0 radical (unpaired) electrons. The molecule has 8 nitrogen and oxygen atoms in total. The Morgan fingerprint density at radius 2 is 1.59 bits per heavy atom. The third kappa shape index (κ3) is 4.73. The first-order valence-corrected chi connectivity index (χ1v) is 10.8.